The fraction of sp³-hybridized carbons (Fsp3) is 0.200. The molecule has 1 heterocycles. The molecule has 0 aliphatic carbocycles. The fourth-order valence-corrected chi connectivity index (χ4v) is 0.809. The van der Waals surface area contributed by atoms with E-state index in [0.717, 1.165) is 4.68 Å². The summed E-state index contributed by atoms with van der Waals surface area (Å²) in [7, 11) is 0. The molecule has 0 radical (unpaired) electrons. The van der Waals surface area contributed by atoms with E-state index in [-0.39, 0.29) is 5.56 Å². The number of aromatic nitrogens is 2. The first-order chi connectivity index (χ1) is 4.72. The van der Waals surface area contributed by atoms with Crippen LogP contribution in [0, 0.1) is 0 Å². The van der Waals surface area contributed by atoms with Gasteiger partial charge in [-0.2, -0.15) is 9.78 Å². The van der Waals surface area contributed by atoms with Crippen LogP contribution in [0.4, 0.5) is 0 Å². The lowest BCUT2D eigenvalue weighted by atomic mass is 10.6. The molecular formula is C5H4Cl2N2O. The standard InChI is InChI=1S/C5H4Cl2N2O/c6-5(7)9-4(10)2-1-3-8-9/h1-3,5H. The van der Waals surface area contributed by atoms with Crippen LogP contribution < -0.4 is 5.56 Å². The average Bonchev–Trinajstić information content (AvgIpc) is 1.88. The van der Waals surface area contributed by atoms with Crippen LogP contribution in [0.2, 0.25) is 0 Å². The minimum Gasteiger partial charge on any atom is -0.268 e. The number of halogens is 2. The Hall–Kier alpha value is -0.540. The Morgan fingerprint density at radius 3 is 2.70 bits per heavy atom. The van der Waals surface area contributed by atoms with E-state index < -0.39 is 4.96 Å². The summed E-state index contributed by atoms with van der Waals surface area (Å²) < 4.78 is 0.975. The third-order valence-electron chi connectivity index (χ3n) is 0.927. The molecule has 5 heteroatoms. The summed E-state index contributed by atoms with van der Waals surface area (Å²) in [6.07, 6.45) is 1.44. The molecule has 1 aromatic heterocycles. The van der Waals surface area contributed by atoms with E-state index in [0.29, 0.717) is 0 Å². The predicted octanol–water partition coefficient (Wildman–Crippen LogP) is 1.18. The molecule has 0 amide bonds. The van der Waals surface area contributed by atoms with Crippen LogP contribution in [0.1, 0.15) is 4.96 Å². The first-order valence-electron chi connectivity index (χ1n) is 2.54. The second-order valence-electron chi connectivity index (χ2n) is 1.58. The lowest BCUT2D eigenvalue weighted by Gasteiger charge is -2.00. The third-order valence-corrected chi connectivity index (χ3v) is 1.30. The van der Waals surface area contributed by atoms with Crippen LogP contribution in [0.15, 0.2) is 23.1 Å². The highest BCUT2D eigenvalue weighted by Crippen LogP contribution is 2.11. The zero-order valence-electron chi connectivity index (χ0n) is 4.87. The summed E-state index contributed by atoms with van der Waals surface area (Å²) >= 11 is 10.7. The van der Waals surface area contributed by atoms with Crippen molar-refractivity contribution in [2.45, 2.75) is 4.96 Å². The smallest absolute Gasteiger partial charge is 0.268 e. The monoisotopic (exact) mass is 178 g/mol. The largest absolute Gasteiger partial charge is 0.269 e. The van der Waals surface area contributed by atoms with Crippen LogP contribution in [0.25, 0.3) is 0 Å². The van der Waals surface area contributed by atoms with Gasteiger partial charge in [0.15, 0.2) is 0 Å². The van der Waals surface area contributed by atoms with Gasteiger partial charge in [0, 0.05) is 12.3 Å². The summed E-state index contributed by atoms with van der Waals surface area (Å²) in [6, 6.07) is 2.86. The minimum atomic E-state index is -0.909. The Morgan fingerprint density at radius 2 is 2.30 bits per heavy atom. The molecule has 3 nitrogen and oxygen atoms in total. The number of hydrogen-bond acceptors (Lipinski definition) is 2. The summed E-state index contributed by atoms with van der Waals surface area (Å²) in [6.45, 7) is 0. The van der Waals surface area contributed by atoms with Crippen molar-refractivity contribution < 1.29 is 0 Å². The van der Waals surface area contributed by atoms with E-state index in [1.807, 2.05) is 0 Å². The Balaban J connectivity index is 3.16. The van der Waals surface area contributed by atoms with Gasteiger partial charge in [-0.05, 0) is 6.07 Å². The summed E-state index contributed by atoms with van der Waals surface area (Å²) in [5.74, 6) is 0. The zero-order chi connectivity index (χ0) is 7.56. The molecule has 0 unspecified atom stereocenters. The molecule has 0 atom stereocenters. The molecule has 1 rings (SSSR count). The van der Waals surface area contributed by atoms with Crippen LogP contribution in [0.5, 0.6) is 0 Å². The van der Waals surface area contributed by atoms with Crippen molar-refractivity contribution in [3.8, 4) is 0 Å². The van der Waals surface area contributed by atoms with Gasteiger partial charge in [-0.3, -0.25) is 4.79 Å². The van der Waals surface area contributed by atoms with E-state index in [1.54, 1.807) is 0 Å². The summed E-state index contributed by atoms with van der Waals surface area (Å²) in [5, 5.41) is 3.62. The molecule has 10 heavy (non-hydrogen) atoms. The van der Waals surface area contributed by atoms with Gasteiger partial charge in [0.05, 0.1) is 0 Å². The Morgan fingerprint density at radius 1 is 1.60 bits per heavy atom. The van der Waals surface area contributed by atoms with Crippen molar-refractivity contribution in [2.24, 2.45) is 0 Å². The number of alkyl halides is 2. The summed E-state index contributed by atoms with van der Waals surface area (Å²) in [5.41, 5.74) is -0.308. The second kappa shape index (κ2) is 3.03. The predicted molar refractivity (Wildman–Crippen MR) is 39.2 cm³/mol. The van der Waals surface area contributed by atoms with Crippen molar-refractivity contribution in [1.29, 1.82) is 0 Å². The van der Waals surface area contributed by atoms with Crippen molar-refractivity contribution >= 4 is 23.2 Å². The van der Waals surface area contributed by atoms with Gasteiger partial charge in [0.1, 0.15) is 0 Å². The van der Waals surface area contributed by atoms with E-state index in [1.165, 1.54) is 18.3 Å². The molecule has 0 saturated carbocycles. The highest BCUT2D eigenvalue weighted by molar-refractivity contribution is 6.41. The first kappa shape index (κ1) is 7.57. The van der Waals surface area contributed by atoms with Gasteiger partial charge in [-0.15, -0.1) is 0 Å². The maximum Gasteiger partial charge on any atom is 0.269 e. The molecule has 0 N–H and O–H groups in total. The Labute approximate surface area is 67.2 Å². The van der Waals surface area contributed by atoms with E-state index in [4.69, 9.17) is 23.2 Å². The quantitative estimate of drug-likeness (QED) is 0.606. The topological polar surface area (TPSA) is 34.9 Å². The Bertz CT molecular complexity index is 270. The highest BCUT2D eigenvalue weighted by atomic mass is 35.5. The van der Waals surface area contributed by atoms with Gasteiger partial charge in [-0.25, -0.2) is 0 Å². The molecular weight excluding hydrogens is 175 g/mol. The van der Waals surface area contributed by atoms with Crippen LogP contribution in [-0.4, -0.2) is 9.78 Å². The molecule has 0 spiro atoms. The van der Waals surface area contributed by atoms with Crippen molar-refractivity contribution in [2.75, 3.05) is 0 Å². The lowest BCUT2D eigenvalue weighted by molar-refractivity contribution is 0.668. The molecule has 54 valence electrons. The maximum atomic E-state index is 10.8. The minimum absolute atomic E-state index is 0.308. The van der Waals surface area contributed by atoms with Crippen LogP contribution in [-0.2, 0) is 0 Å². The number of nitrogens with zero attached hydrogens (tertiary/aromatic N) is 2. The molecule has 0 saturated heterocycles. The van der Waals surface area contributed by atoms with E-state index in [9.17, 15) is 4.79 Å². The molecule has 0 aliphatic heterocycles. The van der Waals surface area contributed by atoms with Gasteiger partial charge in [0.2, 0.25) is 4.96 Å². The van der Waals surface area contributed by atoms with Crippen LogP contribution in [0.3, 0.4) is 0 Å². The molecule has 1 aromatic rings. The van der Waals surface area contributed by atoms with Crippen LogP contribution >= 0.6 is 23.2 Å². The zero-order valence-corrected chi connectivity index (χ0v) is 6.38. The second-order valence-corrected chi connectivity index (χ2v) is 2.63. The van der Waals surface area contributed by atoms with Gasteiger partial charge >= 0.3 is 0 Å². The average molecular weight is 179 g/mol. The molecule has 0 fully saturated rings. The highest BCUT2D eigenvalue weighted by Gasteiger charge is 2.02. The Kier molecular flexibility index (Phi) is 2.29. The third kappa shape index (κ3) is 1.49. The maximum absolute atomic E-state index is 10.8. The summed E-state index contributed by atoms with van der Waals surface area (Å²) in [4.78, 5) is 9.88. The van der Waals surface area contributed by atoms with Crippen molar-refractivity contribution in [1.82, 2.24) is 9.78 Å². The van der Waals surface area contributed by atoms with Crippen molar-refractivity contribution in [3.63, 3.8) is 0 Å². The lowest BCUT2D eigenvalue weighted by Crippen LogP contribution is -2.20. The van der Waals surface area contributed by atoms with E-state index in [2.05, 4.69) is 5.10 Å². The van der Waals surface area contributed by atoms with E-state index >= 15 is 0 Å². The van der Waals surface area contributed by atoms with Gasteiger partial charge in [0.25, 0.3) is 5.56 Å². The molecule has 0 aliphatic rings. The first-order valence-corrected chi connectivity index (χ1v) is 3.41. The SMILES string of the molecule is O=c1cccnn1C(Cl)Cl. The molecule has 0 aromatic carbocycles. The van der Waals surface area contributed by atoms with Crippen molar-refractivity contribution in [3.05, 3.63) is 28.7 Å². The van der Waals surface area contributed by atoms with Gasteiger partial charge in [-0.1, -0.05) is 23.2 Å². The normalized spacial score (nSPS) is 10.3. The number of rotatable bonds is 1. The fourth-order valence-electron chi connectivity index (χ4n) is 0.516. The van der Waals surface area contributed by atoms with Gasteiger partial charge < -0.3 is 0 Å². The molecule has 0 bridgehead atoms. The number of hydrogen-bond donors (Lipinski definition) is 0.